The molecule has 0 aromatic carbocycles. The van der Waals surface area contributed by atoms with Crippen molar-refractivity contribution in [2.45, 2.75) is 6.92 Å². The molecule has 0 saturated carbocycles. The van der Waals surface area contributed by atoms with Crippen molar-refractivity contribution in [3.8, 4) is 0 Å². The predicted octanol–water partition coefficient (Wildman–Crippen LogP) is 2.59. The van der Waals surface area contributed by atoms with Gasteiger partial charge in [0.15, 0.2) is 9.48 Å². The molecule has 0 atom stereocenters. The SMILES string of the molecule is Cc1nn(I)c2nc(I)nc(Cl)c12. The molecule has 0 aliphatic carbocycles. The summed E-state index contributed by atoms with van der Waals surface area (Å²) in [5, 5.41) is 5.50. The van der Waals surface area contributed by atoms with Crippen molar-refractivity contribution in [2.24, 2.45) is 0 Å². The van der Waals surface area contributed by atoms with Crippen LogP contribution in [-0.4, -0.2) is 18.0 Å². The lowest BCUT2D eigenvalue weighted by Crippen LogP contribution is -1.91. The molecular weight excluding hydrogens is 417 g/mol. The summed E-state index contributed by atoms with van der Waals surface area (Å²) in [5.41, 5.74) is 1.62. The summed E-state index contributed by atoms with van der Waals surface area (Å²) in [6.45, 7) is 1.89. The number of fused-ring (bicyclic) bond motifs is 1. The van der Waals surface area contributed by atoms with Crippen molar-refractivity contribution in [2.75, 3.05) is 0 Å². The Morgan fingerprint density at radius 3 is 2.77 bits per heavy atom. The van der Waals surface area contributed by atoms with Crippen LogP contribution < -0.4 is 0 Å². The molecule has 0 bridgehead atoms. The van der Waals surface area contributed by atoms with Crippen molar-refractivity contribution in [3.63, 3.8) is 0 Å². The van der Waals surface area contributed by atoms with E-state index >= 15 is 0 Å². The number of rotatable bonds is 0. The van der Waals surface area contributed by atoms with Crippen molar-refractivity contribution in [3.05, 3.63) is 14.7 Å². The first-order valence-electron chi connectivity index (χ1n) is 3.34. The molecule has 2 aromatic heterocycles. The van der Waals surface area contributed by atoms with E-state index in [9.17, 15) is 0 Å². The molecule has 0 unspecified atom stereocenters. The Morgan fingerprint density at radius 1 is 1.38 bits per heavy atom. The van der Waals surface area contributed by atoms with Gasteiger partial charge in [0.1, 0.15) is 5.15 Å². The summed E-state index contributed by atoms with van der Waals surface area (Å²) in [7, 11) is 0. The molecule has 0 fully saturated rings. The van der Waals surface area contributed by atoms with Crippen molar-refractivity contribution < 1.29 is 0 Å². The molecule has 4 nitrogen and oxygen atoms in total. The normalized spacial score (nSPS) is 11.1. The fourth-order valence-corrected chi connectivity index (χ4v) is 2.66. The number of aromatic nitrogens is 4. The van der Waals surface area contributed by atoms with Crippen LogP contribution in [0.5, 0.6) is 0 Å². The second kappa shape index (κ2) is 3.46. The number of nitrogens with zero attached hydrogens (tertiary/aromatic N) is 4. The molecule has 0 N–H and O–H groups in total. The van der Waals surface area contributed by atoms with E-state index < -0.39 is 0 Å². The van der Waals surface area contributed by atoms with Gasteiger partial charge < -0.3 is 0 Å². The average Bonchev–Trinajstić information content (AvgIpc) is 2.27. The Morgan fingerprint density at radius 2 is 2.08 bits per heavy atom. The molecule has 0 saturated heterocycles. The van der Waals surface area contributed by atoms with Gasteiger partial charge in [0.05, 0.1) is 33.9 Å². The van der Waals surface area contributed by atoms with Gasteiger partial charge in [-0.1, -0.05) is 11.6 Å². The van der Waals surface area contributed by atoms with Gasteiger partial charge in [0.25, 0.3) is 0 Å². The minimum absolute atomic E-state index is 0.467. The highest BCUT2D eigenvalue weighted by molar-refractivity contribution is 14.1. The predicted molar refractivity (Wildman–Crippen MR) is 67.2 cm³/mol. The van der Waals surface area contributed by atoms with Gasteiger partial charge in [0, 0.05) is 22.6 Å². The third-order valence-electron chi connectivity index (χ3n) is 1.59. The zero-order chi connectivity index (χ0) is 9.59. The summed E-state index contributed by atoms with van der Waals surface area (Å²) >= 11 is 10.1. The molecule has 0 spiro atoms. The van der Waals surface area contributed by atoms with Crippen LogP contribution in [0.1, 0.15) is 5.69 Å². The van der Waals surface area contributed by atoms with Crippen LogP contribution >= 0.6 is 57.1 Å². The van der Waals surface area contributed by atoms with Gasteiger partial charge >= 0.3 is 0 Å². The fraction of sp³-hybridized carbons (Fsp3) is 0.167. The van der Waals surface area contributed by atoms with Crippen LogP contribution in [0.25, 0.3) is 11.0 Å². The summed E-state index contributed by atoms with van der Waals surface area (Å²) < 4.78 is 2.31. The van der Waals surface area contributed by atoms with Crippen LogP contribution in [0.2, 0.25) is 5.15 Å². The molecule has 0 radical (unpaired) electrons. The lowest BCUT2D eigenvalue weighted by Gasteiger charge is -1.94. The highest BCUT2D eigenvalue weighted by atomic mass is 127. The van der Waals surface area contributed by atoms with E-state index in [1.54, 1.807) is 2.90 Å². The Kier molecular flexibility index (Phi) is 2.62. The second-order valence-corrected chi connectivity index (χ2v) is 4.66. The molecule has 68 valence electrons. The van der Waals surface area contributed by atoms with Crippen LogP contribution in [0.3, 0.4) is 0 Å². The number of halogens is 3. The maximum atomic E-state index is 5.97. The van der Waals surface area contributed by atoms with Crippen molar-refractivity contribution >= 4 is 68.1 Å². The minimum Gasteiger partial charge on any atom is -0.210 e. The summed E-state index contributed by atoms with van der Waals surface area (Å²) in [4.78, 5) is 8.30. The first-order valence-corrected chi connectivity index (χ1v) is 5.76. The lowest BCUT2D eigenvalue weighted by atomic mass is 10.3. The Bertz CT molecular complexity index is 481. The Balaban J connectivity index is 2.97. The maximum Gasteiger partial charge on any atom is 0.194 e. The smallest absolute Gasteiger partial charge is 0.194 e. The first-order chi connectivity index (χ1) is 6.09. The van der Waals surface area contributed by atoms with E-state index in [0.29, 0.717) is 8.98 Å². The summed E-state index contributed by atoms with van der Waals surface area (Å²) in [6, 6.07) is 0. The minimum atomic E-state index is 0.467. The number of aryl methyl sites for hydroxylation is 1. The standard InChI is InChI=1S/C6H3ClI2N4/c1-2-3-4(7)10-6(8)11-5(3)13(9)12-2/h1H3. The van der Waals surface area contributed by atoms with Crippen molar-refractivity contribution in [1.29, 1.82) is 0 Å². The largest absolute Gasteiger partial charge is 0.210 e. The van der Waals surface area contributed by atoms with Crippen LogP contribution in [-0.2, 0) is 0 Å². The maximum absolute atomic E-state index is 5.97. The quantitative estimate of drug-likeness (QED) is 0.374. The Labute approximate surface area is 107 Å². The van der Waals surface area contributed by atoms with E-state index in [4.69, 9.17) is 11.6 Å². The molecule has 2 heterocycles. The van der Waals surface area contributed by atoms with Gasteiger partial charge in [-0.3, -0.25) is 0 Å². The molecule has 0 amide bonds. The van der Waals surface area contributed by atoms with Gasteiger partial charge in [0.2, 0.25) is 0 Å². The monoisotopic (exact) mass is 420 g/mol. The molecule has 13 heavy (non-hydrogen) atoms. The summed E-state index contributed by atoms with van der Waals surface area (Å²) in [6.07, 6.45) is 0. The fourth-order valence-electron chi connectivity index (χ4n) is 1.07. The van der Waals surface area contributed by atoms with Crippen molar-refractivity contribution in [1.82, 2.24) is 18.0 Å². The molecule has 2 rings (SSSR count). The van der Waals surface area contributed by atoms with Gasteiger partial charge in [-0.05, 0) is 6.92 Å². The van der Waals surface area contributed by atoms with E-state index in [0.717, 1.165) is 16.7 Å². The van der Waals surface area contributed by atoms with E-state index in [1.807, 2.05) is 29.5 Å². The van der Waals surface area contributed by atoms with E-state index in [-0.39, 0.29) is 0 Å². The molecule has 2 aromatic rings. The van der Waals surface area contributed by atoms with Crippen LogP contribution in [0.15, 0.2) is 0 Å². The topological polar surface area (TPSA) is 43.6 Å². The van der Waals surface area contributed by atoms with E-state index in [1.165, 1.54) is 0 Å². The highest BCUT2D eigenvalue weighted by Crippen LogP contribution is 2.24. The number of hydrogen-bond acceptors (Lipinski definition) is 3. The third-order valence-corrected chi connectivity index (χ3v) is 3.02. The summed E-state index contributed by atoms with van der Waals surface area (Å²) in [5.74, 6) is 0. The van der Waals surface area contributed by atoms with Crippen LogP contribution in [0.4, 0.5) is 0 Å². The van der Waals surface area contributed by atoms with E-state index in [2.05, 4.69) is 37.9 Å². The third kappa shape index (κ3) is 1.63. The zero-order valence-corrected chi connectivity index (χ0v) is 11.5. The molecule has 0 aliphatic heterocycles. The van der Waals surface area contributed by atoms with Gasteiger partial charge in [-0.2, -0.15) is 7.99 Å². The first kappa shape index (κ1) is 9.84. The Hall–Kier alpha value is 0.300. The van der Waals surface area contributed by atoms with Gasteiger partial charge in [-0.25, -0.2) is 9.97 Å². The average molecular weight is 420 g/mol. The highest BCUT2D eigenvalue weighted by Gasteiger charge is 2.12. The molecule has 7 heteroatoms. The van der Waals surface area contributed by atoms with Crippen LogP contribution in [0, 0.1) is 10.8 Å². The number of hydrogen-bond donors (Lipinski definition) is 0. The molecular formula is C6H3ClI2N4. The molecule has 0 aliphatic rings. The van der Waals surface area contributed by atoms with Gasteiger partial charge in [-0.15, -0.1) is 0 Å². The second-order valence-electron chi connectivity index (χ2n) is 2.43. The zero-order valence-electron chi connectivity index (χ0n) is 6.42. The lowest BCUT2D eigenvalue weighted by molar-refractivity contribution is 1.02.